The molecule has 0 saturated carbocycles. The van der Waals surface area contributed by atoms with E-state index in [-0.39, 0.29) is 24.3 Å². The van der Waals surface area contributed by atoms with Gasteiger partial charge < -0.3 is 26.0 Å². The number of fused-ring (bicyclic) bond motifs is 7. The Balaban J connectivity index is 2.02. The molecule has 130 valence electrons. The Kier molecular flexibility index (Phi) is 4.58. The molecule has 0 aromatic heterocycles. The number of carboxylic acid groups (broad SMARTS) is 1. The number of carboxylic acids is 1. The standard InChI is InChI=1S/C18H18N2O5/c19-13-7-10-1-4-12(5-2-10)25-16-9-11(3-6-15(16)21)8-14(18(23)24)20-17(13)22/h1-6,9,13-14,21H,7-8,19H2,(H,20,22)(H,23,24)/t13-,14+/m0/s1. The molecule has 0 radical (unpaired) electrons. The van der Waals surface area contributed by atoms with E-state index in [9.17, 15) is 19.8 Å². The lowest BCUT2D eigenvalue weighted by molar-refractivity contribution is -0.141. The van der Waals surface area contributed by atoms with Crippen LogP contribution in [0.5, 0.6) is 17.2 Å². The highest BCUT2D eigenvalue weighted by Gasteiger charge is 2.24. The van der Waals surface area contributed by atoms with Crippen LogP contribution >= 0.6 is 0 Å². The number of ether oxygens (including phenoxy) is 1. The summed E-state index contributed by atoms with van der Waals surface area (Å²) in [7, 11) is 0. The third-order valence-electron chi connectivity index (χ3n) is 4.02. The minimum absolute atomic E-state index is 0.0437. The Labute approximate surface area is 144 Å². The van der Waals surface area contributed by atoms with Gasteiger partial charge in [-0.25, -0.2) is 4.79 Å². The molecular weight excluding hydrogens is 324 g/mol. The molecule has 4 rings (SSSR count). The zero-order valence-corrected chi connectivity index (χ0v) is 13.3. The second-order valence-electron chi connectivity index (χ2n) is 5.96. The second-order valence-corrected chi connectivity index (χ2v) is 5.96. The normalized spacial score (nSPS) is 20.3. The van der Waals surface area contributed by atoms with E-state index in [1.54, 1.807) is 36.4 Å². The zero-order valence-electron chi connectivity index (χ0n) is 13.3. The molecule has 4 bridgehead atoms. The van der Waals surface area contributed by atoms with E-state index in [2.05, 4.69) is 5.32 Å². The number of phenolic OH excluding ortho intramolecular Hbond substituents is 1. The van der Waals surface area contributed by atoms with Crippen molar-refractivity contribution in [3.8, 4) is 17.2 Å². The molecule has 2 aliphatic heterocycles. The van der Waals surface area contributed by atoms with Crippen LogP contribution in [-0.2, 0) is 22.4 Å². The maximum atomic E-state index is 12.2. The number of amides is 1. The number of aromatic hydroxyl groups is 1. The van der Waals surface area contributed by atoms with Gasteiger partial charge in [-0.1, -0.05) is 18.2 Å². The average Bonchev–Trinajstić information content (AvgIpc) is 2.58. The van der Waals surface area contributed by atoms with Gasteiger partial charge in [0.25, 0.3) is 0 Å². The van der Waals surface area contributed by atoms with Crippen LogP contribution in [0.4, 0.5) is 0 Å². The topological polar surface area (TPSA) is 122 Å². The molecule has 7 nitrogen and oxygen atoms in total. The van der Waals surface area contributed by atoms with Crippen molar-refractivity contribution in [1.82, 2.24) is 5.32 Å². The molecule has 2 aromatic rings. The van der Waals surface area contributed by atoms with Gasteiger partial charge in [-0.05, 0) is 41.8 Å². The first-order valence-corrected chi connectivity index (χ1v) is 7.80. The molecular formula is C18H18N2O5. The monoisotopic (exact) mass is 342 g/mol. The van der Waals surface area contributed by atoms with Crippen LogP contribution in [0.25, 0.3) is 0 Å². The lowest BCUT2D eigenvalue weighted by atomic mass is 10.0. The molecule has 0 fully saturated rings. The summed E-state index contributed by atoms with van der Waals surface area (Å²) in [5.74, 6) is -1.01. The highest BCUT2D eigenvalue weighted by molar-refractivity contribution is 5.87. The third-order valence-corrected chi connectivity index (χ3v) is 4.02. The van der Waals surface area contributed by atoms with E-state index >= 15 is 0 Å². The fourth-order valence-electron chi connectivity index (χ4n) is 2.65. The van der Waals surface area contributed by atoms with Crippen LogP contribution in [0.15, 0.2) is 42.5 Å². The Morgan fingerprint density at radius 1 is 1.12 bits per heavy atom. The molecule has 0 spiro atoms. The van der Waals surface area contributed by atoms with Crippen LogP contribution in [0.1, 0.15) is 11.1 Å². The predicted octanol–water partition coefficient (Wildman–Crippen LogP) is 1.18. The van der Waals surface area contributed by atoms with Crippen molar-refractivity contribution in [1.29, 1.82) is 0 Å². The molecule has 2 atom stereocenters. The SMILES string of the molecule is N[C@H]1Cc2ccc(cc2)Oc2cc(ccc2O)C[C@H](C(=O)O)NC1=O. The molecule has 5 N–H and O–H groups in total. The van der Waals surface area contributed by atoms with Gasteiger partial charge in [0.1, 0.15) is 11.8 Å². The smallest absolute Gasteiger partial charge is 0.326 e. The number of carbonyl (C=O) groups excluding carboxylic acids is 1. The molecule has 25 heavy (non-hydrogen) atoms. The van der Waals surface area contributed by atoms with Crippen molar-refractivity contribution in [3.05, 3.63) is 53.6 Å². The highest BCUT2D eigenvalue weighted by Crippen LogP contribution is 2.32. The maximum absolute atomic E-state index is 12.2. The molecule has 2 aliphatic rings. The molecule has 7 heteroatoms. The minimum Gasteiger partial charge on any atom is -0.504 e. The molecule has 0 unspecified atom stereocenters. The zero-order chi connectivity index (χ0) is 18.0. The molecule has 0 saturated heterocycles. The molecule has 2 heterocycles. The molecule has 2 aromatic carbocycles. The number of nitrogens with one attached hydrogen (secondary N) is 1. The first-order valence-electron chi connectivity index (χ1n) is 7.80. The fraction of sp³-hybridized carbons (Fsp3) is 0.222. The van der Waals surface area contributed by atoms with Crippen molar-refractivity contribution in [2.75, 3.05) is 0 Å². The summed E-state index contributed by atoms with van der Waals surface area (Å²) in [4.78, 5) is 23.7. The van der Waals surface area contributed by atoms with Gasteiger partial charge >= 0.3 is 5.97 Å². The van der Waals surface area contributed by atoms with Gasteiger partial charge in [0, 0.05) is 6.42 Å². The number of benzene rings is 2. The van der Waals surface area contributed by atoms with Gasteiger partial charge in [0.05, 0.1) is 6.04 Å². The number of hydrogen-bond acceptors (Lipinski definition) is 5. The van der Waals surface area contributed by atoms with Crippen molar-refractivity contribution in [2.24, 2.45) is 5.73 Å². The first-order chi connectivity index (χ1) is 11.9. The Morgan fingerprint density at radius 2 is 1.80 bits per heavy atom. The lowest BCUT2D eigenvalue weighted by Crippen LogP contribution is -2.50. The predicted molar refractivity (Wildman–Crippen MR) is 89.6 cm³/mol. The van der Waals surface area contributed by atoms with E-state index < -0.39 is 24.0 Å². The largest absolute Gasteiger partial charge is 0.504 e. The van der Waals surface area contributed by atoms with Gasteiger partial charge in [-0.15, -0.1) is 0 Å². The second kappa shape index (κ2) is 6.82. The maximum Gasteiger partial charge on any atom is 0.326 e. The van der Waals surface area contributed by atoms with Crippen LogP contribution in [0.3, 0.4) is 0 Å². The summed E-state index contributed by atoms with van der Waals surface area (Å²) in [6.45, 7) is 0. The number of aliphatic carboxylic acids is 1. The number of carbonyl (C=O) groups is 2. The number of rotatable bonds is 1. The summed E-state index contributed by atoms with van der Waals surface area (Å²) in [5.41, 5.74) is 7.31. The quantitative estimate of drug-likeness (QED) is 0.617. The highest BCUT2D eigenvalue weighted by atomic mass is 16.5. The summed E-state index contributed by atoms with van der Waals surface area (Å²) >= 11 is 0. The van der Waals surface area contributed by atoms with Gasteiger partial charge in [-0.2, -0.15) is 0 Å². The summed E-state index contributed by atoms with van der Waals surface area (Å²) in [5, 5.41) is 21.8. The van der Waals surface area contributed by atoms with Crippen LogP contribution < -0.4 is 15.8 Å². The van der Waals surface area contributed by atoms with Crippen molar-refractivity contribution in [3.63, 3.8) is 0 Å². The van der Waals surface area contributed by atoms with Crippen molar-refractivity contribution >= 4 is 11.9 Å². The first kappa shape index (κ1) is 16.8. The van der Waals surface area contributed by atoms with E-state index in [0.717, 1.165) is 5.56 Å². The minimum atomic E-state index is -1.16. The van der Waals surface area contributed by atoms with Gasteiger partial charge in [0.15, 0.2) is 11.5 Å². The Hall–Kier alpha value is -3.06. The Morgan fingerprint density at radius 3 is 2.48 bits per heavy atom. The summed E-state index contributed by atoms with van der Waals surface area (Å²) < 4.78 is 5.67. The number of hydrogen-bond donors (Lipinski definition) is 4. The van der Waals surface area contributed by atoms with E-state index in [1.807, 2.05) is 0 Å². The number of phenols is 1. The lowest BCUT2D eigenvalue weighted by Gasteiger charge is -2.19. The third kappa shape index (κ3) is 3.89. The summed E-state index contributed by atoms with van der Waals surface area (Å²) in [6, 6.07) is 9.56. The summed E-state index contributed by atoms with van der Waals surface area (Å²) in [6.07, 6.45) is 0.316. The van der Waals surface area contributed by atoms with Crippen LogP contribution in [0, 0.1) is 0 Å². The van der Waals surface area contributed by atoms with E-state index in [0.29, 0.717) is 11.3 Å². The van der Waals surface area contributed by atoms with Gasteiger partial charge in [0.2, 0.25) is 5.91 Å². The fourth-order valence-corrected chi connectivity index (χ4v) is 2.65. The molecule has 1 amide bonds. The Bertz CT molecular complexity index is 804. The van der Waals surface area contributed by atoms with E-state index in [4.69, 9.17) is 10.5 Å². The molecule has 0 aliphatic carbocycles. The van der Waals surface area contributed by atoms with E-state index in [1.165, 1.54) is 6.07 Å². The van der Waals surface area contributed by atoms with Crippen molar-refractivity contribution in [2.45, 2.75) is 24.9 Å². The average molecular weight is 342 g/mol. The van der Waals surface area contributed by atoms with Crippen LogP contribution in [-0.4, -0.2) is 34.2 Å². The van der Waals surface area contributed by atoms with Crippen molar-refractivity contribution < 1.29 is 24.5 Å². The number of nitrogens with two attached hydrogens (primary N) is 1. The van der Waals surface area contributed by atoms with Crippen LogP contribution in [0.2, 0.25) is 0 Å². The van der Waals surface area contributed by atoms with Gasteiger partial charge in [-0.3, -0.25) is 4.79 Å².